The second kappa shape index (κ2) is 7.32. The molecule has 4 heteroatoms. The summed E-state index contributed by atoms with van der Waals surface area (Å²) in [5.41, 5.74) is 3.10. The van der Waals surface area contributed by atoms with Crippen molar-refractivity contribution >= 4 is 16.8 Å². The number of fused-ring (bicyclic) bond motifs is 1. The van der Waals surface area contributed by atoms with Gasteiger partial charge in [-0.25, -0.2) is 4.39 Å². The van der Waals surface area contributed by atoms with E-state index in [2.05, 4.69) is 23.7 Å². The van der Waals surface area contributed by atoms with Gasteiger partial charge in [0.25, 0.3) is 5.91 Å². The van der Waals surface area contributed by atoms with E-state index in [-0.39, 0.29) is 11.6 Å². The Morgan fingerprint density at radius 1 is 1.15 bits per heavy atom. The van der Waals surface area contributed by atoms with E-state index >= 15 is 0 Å². The molecule has 0 spiro atoms. The highest BCUT2D eigenvalue weighted by atomic mass is 19.1. The van der Waals surface area contributed by atoms with E-state index in [4.69, 9.17) is 0 Å². The summed E-state index contributed by atoms with van der Waals surface area (Å²) in [6.45, 7) is 9.01. The lowest BCUT2D eigenvalue weighted by Crippen LogP contribution is -2.27. The SMILES string of the molecule is Cc1cccc([C@H](C)NC(=O)c2cc3c(ccn3CC(C)C)cc2F)c1. The number of hydrogen-bond donors (Lipinski definition) is 1. The fraction of sp³-hybridized carbons (Fsp3) is 0.318. The van der Waals surface area contributed by atoms with Crippen molar-refractivity contribution in [3.8, 4) is 0 Å². The van der Waals surface area contributed by atoms with E-state index in [1.54, 1.807) is 6.07 Å². The molecule has 1 aromatic heterocycles. The van der Waals surface area contributed by atoms with Crippen LogP contribution < -0.4 is 5.32 Å². The van der Waals surface area contributed by atoms with Gasteiger partial charge in [-0.1, -0.05) is 43.7 Å². The summed E-state index contributed by atoms with van der Waals surface area (Å²) in [7, 11) is 0. The van der Waals surface area contributed by atoms with Crippen LogP contribution in [0.4, 0.5) is 4.39 Å². The number of nitrogens with zero attached hydrogens (tertiary/aromatic N) is 1. The number of carbonyl (C=O) groups excluding carboxylic acids is 1. The van der Waals surface area contributed by atoms with Gasteiger partial charge >= 0.3 is 0 Å². The van der Waals surface area contributed by atoms with Crippen LogP contribution in [0.1, 0.15) is 48.3 Å². The molecule has 0 unspecified atom stereocenters. The molecule has 0 aliphatic carbocycles. The molecular formula is C22H25FN2O. The first kappa shape index (κ1) is 18.2. The molecule has 0 aliphatic rings. The van der Waals surface area contributed by atoms with Crippen LogP contribution in [0.15, 0.2) is 48.7 Å². The van der Waals surface area contributed by atoms with Gasteiger partial charge in [0.2, 0.25) is 0 Å². The van der Waals surface area contributed by atoms with Crippen LogP contribution in [-0.2, 0) is 6.54 Å². The summed E-state index contributed by atoms with van der Waals surface area (Å²) in [4.78, 5) is 12.7. The number of amides is 1. The van der Waals surface area contributed by atoms with Crippen LogP contribution in [-0.4, -0.2) is 10.5 Å². The van der Waals surface area contributed by atoms with Gasteiger partial charge in [0.1, 0.15) is 5.82 Å². The summed E-state index contributed by atoms with van der Waals surface area (Å²) in [5, 5.41) is 3.72. The van der Waals surface area contributed by atoms with E-state index in [0.717, 1.165) is 28.6 Å². The first-order valence-electron chi connectivity index (χ1n) is 9.01. The fourth-order valence-corrected chi connectivity index (χ4v) is 3.23. The Balaban J connectivity index is 1.88. The second-order valence-electron chi connectivity index (χ2n) is 7.36. The molecular weight excluding hydrogens is 327 g/mol. The maximum Gasteiger partial charge on any atom is 0.254 e. The number of carbonyl (C=O) groups is 1. The molecule has 1 heterocycles. The van der Waals surface area contributed by atoms with Crippen LogP contribution in [0.25, 0.3) is 10.9 Å². The lowest BCUT2D eigenvalue weighted by Gasteiger charge is -2.16. The van der Waals surface area contributed by atoms with Gasteiger partial charge in [0.05, 0.1) is 11.6 Å². The topological polar surface area (TPSA) is 34.0 Å². The van der Waals surface area contributed by atoms with E-state index in [1.165, 1.54) is 6.07 Å². The van der Waals surface area contributed by atoms with Gasteiger partial charge in [0, 0.05) is 23.6 Å². The number of benzene rings is 2. The number of halogens is 1. The summed E-state index contributed by atoms with van der Waals surface area (Å²) in [6, 6.07) is 12.7. The lowest BCUT2D eigenvalue weighted by molar-refractivity contribution is 0.0936. The van der Waals surface area contributed by atoms with Gasteiger partial charge in [-0.3, -0.25) is 4.79 Å². The van der Waals surface area contributed by atoms with Crippen molar-refractivity contribution in [3.63, 3.8) is 0 Å². The van der Waals surface area contributed by atoms with Gasteiger partial charge in [-0.2, -0.15) is 0 Å². The zero-order valence-electron chi connectivity index (χ0n) is 15.7. The Morgan fingerprint density at radius 2 is 1.92 bits per heavy atom. The Labute approximate surface area is 153 Å². The minimum atomic E-state index is -0.492. The molecule has 0 aliphatic heterocycles. The normalized spacial score (nSPS) is 12.5. The number of rotatable bonds is 5. The molecule has 3 nitrogen and oxygen atoms in total. The number of nitrogens with one attached hydrogen (secondary N) is 1. The predicted octanol–water partition coefficient (Wildman–Crippen LogP) is 5.24. The third-order valence-electron chi connectivity index (χ3n) is 4.56. The van der Waals surface area contributed by atoms with E-state index in [1.807, 2.05) is 50.4 Å². The molecule has 26 heavy (non-hydrogen) atoms. The number of hydrogen-bond acceptors (Lipinski definition) is 1. The van der Waals surface area contributed by atoms with Crippen molar-refractivity contribution in [1.29, 1.82) is 0 Å². The highest BCUT2D eigenvalue weighted by Gasteiger charge is 2.17. The molecule has 0 fully saturated rings. The lowest BCUT2D eigenvalue weighted by atomic mass is 10.0. The smallest absolute Gasteiger partial charge is 0.254 e. The largest absolute Gasteiger partial charge is 0.347 e. The standard InChI is InChI=1S/C22H25FN2O/c1-14(2)13-25-9-8-18-11-20(23)19(12-21(18)25)22(26)24-16(4)17-7-5-6-15(3)10-17/h5-12,14,16H,13H2,1-4H3,(H,24,26)/t16-/m0/s1. The average molecular weight is 352 g/mol. The van der Waals surface area contributed by atoms with Crippen LogP contribution >= 0.6 is 0 Å². The van der Waals surface area contributed by atoms with Crippen molar-refractivity contribution in [3.05, 3.63) is 71.2 Å². The van der Waals surface area contributed by atoms with Crippen molar-refractivity contribution in [2.75, 3.05) is 0 Å². The molecule has 3 aromatic rings. The molecule has 0 saturated carbocycles. The second-order valence-corrected chi connectivity index (χ2v) is 7.36. The number of aromatic nitrogens is 1. The minimum Gasteiger partial charge on any atom is -0.347 e. The number of aryl methyl sites for hydroxylation is 1. The highest BCUT2D eigenvalue weighted by molar-refractivity contribution is 5.98. The van der Waals surface area contributed by atoms with Crippen molar-refractivity contribution in [2.24, 2.45) is 5.92 Å². The summed E-state index contributed by atoms with van der Waals surface area (Å²) in [6.07, 6.45) is 1.95. The van der Waals surface area contributed by atoms with Crippen LogP contribution in [0.2, 0.25) is 0 Å². The van der Waals surface area contributed by atoms with Crippen LogP contribution in [0, 0.1) is 18.7 Å². The molecule has 136 valence electrons. The first-order chi connectivity index (χ1) is 12.3. The van der Waals surface area contributed by atoms with Gasteiger partial charge in [-0.05, 0) is 43.5 Å². The van der Waals surface area contributed by atoms with E-state index in [9.17, 15) is 9.18 Å². The van der Waals surface area contributed by atoms with Crippen LogP contribution in [0.5, 0.6) is 0 Å². The highest BCUT2D eigenvalue weighted by Crippen LogP contribution is 2.23. The average Bonchev–Trinajstić information content (AvgIpc) is 2.95. The zero-order valence-corrected chi connectivity index (χ0v) is 15.7. The molecule has 0 radical (unpaired) electrons. The molecule has 2 aromatic carbocycles. The monoisotopic (exact) mass is 352 g/mol. The summed E-state index contributed by atoms with van der Waals surface area (Å²) < 4.78 is 16.6. The Hall–Kier alpha value is -2.62. The quantitative estimate of drug-likeness (QED) is 0.670. The minimum absolute atomic E-state index is 0.0840. The first-order valence-corrected chi connectivity index (χ1v) is 9.01. The molecule has 3 rings (SSSR count). The van der Waals surface area contributed by atoms with Gasteiger partial charge in [0.15, 0.2) is 0 Å². The molecule has 1 atom stereocenters. The van der Waals surface area contributed by atoms with Crippen molar-refractivity contribution in [1.82, 2.24) is 9.88 Å². The molecule has 0 saturated heterocycles. The Bertz CT molecular complexity index is 942. The Kier molecular flexibility index (Phi) is 5.12. The molecule has 1 N–H and O–H groups in total. The third kappa shape index (κ3) is 3.79. The van der Waals surface area contributed by atoms with Gasteiger partial charge < -0.3 is 9.88 Å². The third-order valence-corrected chi connectivity index (χ3v) is 4.56. The molecule has 1 amide bonds. The maximum absolute atomic E-state index is 14.5. The van der Waals surface area contributed by atoms with Crippen molar-refractivity contribution < 1.29 is 9.18 Å². The zero-order chi connectivity index (χ0) is 18.8. The van der Waals surface area contributed by atoms with E-state index < -0.39 is 11.7 Å². The Morgan fingerprint density at radius 3 is 2.62 bits per heavy atom. The predicted molar refractivity (Wildman–Crippen MR) is 104 cm³/mol. The van der Waals surface area contributed by atoms with E-state index in [0.29, 0.717) is 5.92 Å². The summed E-state index contributed by atoms with van der Waals surface area (Å²) >= 11 is 0. The summed E-state index contributed by atoms with van der Waals surface area (Å²) in [5.74, 6) is -0.418. The van der Waals surface area contributed by atoms with Crippen LogP contribution in [0.3, 0.4) is 0 Å². The maximum atomic E-state index is 14.5. The van der Waals surface area contributed by atoms with Gasteiger partial charge in [-0.15, -0.1) is 0 Å². The molecule has 0 bridgehead atoms. The fourth-order valence-electron chi connectivity index (χ4n) is 3.23. The van der Waals surface area contributed by atoms with Crippen molar-refractivity contribution in [2.45, 2.75) is 40.3 Å².